The number of benzene rings is 1. The number of nitrogens with one attached hydrogen (secondary N) is 2. The van der Waals surface area contributed by atoms with Gasteiger partial charge in [0.1, 0.15) is 32.2 Å². The van der Waals surface area contributed by atoms with Gasteiger partial charge in [0, 0.05) is 16.7 Å². The minimum atomic E-state index is -1.47. The van der Waals surface area contributed by atoms with Gasteiger partial charge in [-0.3, -0.25) is 4.79 Å². The Hall–Kier alpha value is -4.35. The lowest BCUT2D eigenvalue weighted by Crippen LogP contribution is -2.41. The number of carbonyl (C=O) groups excluding carboxylic acids is 5. The number of esters is 2. The second kappa shape index (κ2) is 15.7. The van der Waals surface area contributed by atoms with Crippen molar-refractivity contribution >= 4 is 29.9 Å². The van der Waals surface area contributed by atoms with Crippen LogP contribution in [-0.4, -0.2) is 75.0 Å². The van der Waals surface area contributed by atoms with Gasteiger partial charge in [-0.2, -0.15) is 0 Å². The highest BCUT2D eigenvalue weighted by Crippen LogP contribution is 2.20. The van der Waals surface area contributed by atoms with Gasteiger partial charge in [0.25, 0.3) is 0 Å². The molecule has 0 spiro atoms. The van der Waals surface area contributed by atoms with Gasteiger partial charge < -0.3 is 34.3 Å². The van der Waals surface area contributed by atoms with Gasteiger partial charge in [0.2, 0.25) is 5.78 Å². The van der Waals surface area contributed by atoms with Crippen molar-refractivity contribution in [2.24, 2.45) is 0 Å². The maximum Gasteiger partial charge on any atom is 0.408 e. The lowest BCUT2D eigenvalue weighted by Gasteiger charge is -2.24. The Labute approximate surface area is 221 Å². The van der Waals surface area contributed by atoms with Gasteiger partial charge in [-0.05, 0) is 52.0 Å². The first-order chi connectivity index (χ1) is 17.8. The number of carbonyl (C=O) groups is 5. The molecule has 208 valence electrons. The number of hydrogen-bond donors (Lipinski definition) is 2. The second-order valence-electron chi connectivity index (χ2n) is 8.42. The molecule has 0 unspecified atom stereocenters. The number of alkyl carbamates (subject to hydrolysis) is 2. The van der Waals surface area contributed by atoms with Crippen molar-refractivity contribution in [2.45, 2.75) is 33.3 Å². The Kier molecular flexibility index (Phi) is 13.1. The quantitative estimate of drug-likeness (QED) is 0.113. The van der Waals surface area contributed by atoms with Crippen LogP contribution in [0.2, 0.25) is 0 Å². The van der Waals surface area contributed by atoms with E-state index in [9.17, 15) is 24.0 Å². The van der Waals surface area contributed by atoms with Crippen LogP contribution in [0.5, 0.6) is 5.75 Å². The molecule has 0 saturated carbocycles. The van der Waals surface area contributed by atoms with Crippen LogP contribution < -0.4 is 15.4 Å². The zero-order valence-electron chi connectivity index (χ0n) is 22.0. The fourth-order valence-corrected chi connectivity index (χ4v) is 2.55. The molecule has 0 fully saturated rings. The summed E-state index contributed by atoms with van der Waals surface area (Å²) >= 11 is 0. The number of amides is 2. The number of ether oxygens (including phenoxy) is 5. The Morgan fingerprint density at radius 3 is 1.74 bits per heavy atom. The van der Waals surface area contributed by atoms with E-state index in [1.54, 1.807) is 12.1 Å². The minimum Gasteiger partial charge on any atom is -0.490 e. The number of ketones is 1. The summed E-state index contributed by atoms with van der Waals surface area (Å²) < 4.78 is 25.3. The SMILES string of the molecule is C=C(C)C(=O)OCCNC(=O)OCCOc1ccc(C(=O)C(C)(C)OC(=O)NCCOC(=O)C(=C)C)cc1. The van der Waals surface area contributed by atoms with Gasteiger partial charge in [0.15, 0.2) is 5.60 Å². The van der Waals surface area contributed by atoms with Gasteiger partial charge in [0.05, 0.1) is 13.1 Å². The molecule has 0 radical (unpaired) electrons. The predicted octanol–water partition coefficient (Wildman–Crippen LogP) is 2.72. The highest BCUT2D eigenvalue weighted by Gasteiger charge is 2.33. The van der Waals surface area contributed by atoms with Crippen molar-refractivity contribution in [1.82, 2.24) is 10.6 Å². The van der Waals surface area contributed by atoms with Crippen LogP contribution in [0.25, 0.3) is 0 Å². The second-order valence-corrected chi connectivity index (χ2v) is 8.42. The first-order valence-corrected chi connectivity index (χ1v) is 11.6. The fourth-order valence-electron chi connectivity index (χ4n) is 2.55. The van der Waals surface area contributed by atoms with Crippen molar-refractivity contribution in [2.75, 3.05) is 39.5 Å². The summed E-state index contributed by atoms with van der Waals surface area (Å²) in [5, 5.41) is 4.83. The van der Waals surface area contributed by atoms with Crippen molar-refractivity contribution < 1.29 is 47.7 Å². The molecule has 0 aliphatic heterocycles. The van der Waals surface area contributed by atoms with Crippen LogP contribution in [0.1, 0.15) is 38.1 Å². The summed E-state index contributed by atoms with van der Waals surface area (Å²) in [6.45, 7) is 12.8. The minimum absolute atomic E-state index is 0.00438. The molecular weight excluding hydrogens is 500 g/mol. The zero-order chi connectivity index (χ0) is 28.7. The summed E-state index contributed by atoms with van der Waals surface area (Å²) in [5.41, 5.74) is -0.679. The largest absolute Gasteiger partial charge is 0.490 e. The number of hydrogen-bond acceptors (Lipinski definition) is 10. The topological polar surface area (TPSA) is 156 Å². The molecule has 1 aromatic rings. The first-order valence-electron chi connectivity index (χ1n) is 11.6. The molecular formula is C26H34N2O10. The number of Topliss-reactive ketones (excluding diaryl/α,β-unsaturated/α-hetero) is 1. The van der Waals surface area contributed by atoms with E-state index >= 15 is 0 Å². The lowest BCUT2D eigenvalue weighted by molar-refractivity contribution is -0.139. The van der Waals surface area contributed by atoms with E-state index in [4.69, 9.17) is 23.7 Å². The third kappa shape index (κ3) is 12.1. The molecule has 2 amide bonds. The van der Waals surface area contributed by atoms with Crippen LogP contribution >= 0.6 is 0 Å². The van der Waals surface area contributed by atoms with Gasteiger partial charge in [-0.1, -0.05) is 13.2 Å². The smallest absolute Gasteiger partial charge is 0.408 e. The maximum atomic E-state index is 12.8. The number of rotatable bonds is 15. The van der Waals surface area contributed by atoms with Crippen LogP contribution in [0.4, 0.5) is 9.59 Å². The standard InChI is InChI=1S/C26H34N2O10/c1-17(2)22(30)35-13-11-27-24(32)37-16-15-34-20-9-7-19(8-10-20)21(29)26(5,6)38-25(33)28-12-14-36-23(31)18(3)4/h7-10H,1,3,11-16H2,2,4-6H3,(H,27,32)(H,28,33). The molecule has 0 aromatic heterocycles. The molecule has 38 heavy (non-hydrogen) atoms. The summed E-state index contributed by atoms with van der Waals surface area (Å²) in [6.07, 6.45) is -1.54. The summed E-state index contributed by atoms with van der Waals surface area (Å²) in [6, 6.07) is 6.12. The lowest BCUT2D eigenvalue weighted by atomic mass is 9.96. The Balaban J connectivity index is 2.36. The average molecular weight is 535 g/mol. The summed E-state index contributed by atoms with van der Waals surface area (Å²) in [4.78, 5) is 59.0. The summed E-state index contributed by atoms with van der Waals surface area (Å²) in [5.74, 6) is -1.13. The average Bonchev–Trinajstić information content (AvgIpc) is 2.86. The monoisotopic (exact) mass is 534 g/mol. The van der Waals surface area contributed by atoms with Crippen LogP contribution in [0.3, 0.4) is 0 Å². The molecule has 0 saturated heterocycles. The van der Waals surface area contributed by atoms with E-state index < -0.39 is 35.5 Å². The molecule has 1 aromatic carbocycles. The predicted molar refractivity (Wildman–Crippen MR) is 136 cm³/mol. The van der Waals surface area contributed by atoms with Crippen LogP contribution in [-0.2, 0) is 28.5 Å². The fraction of sp³-hybridized carbons (Fsp3) is 0.423. The van der Waals surface area contributed by atoms with E-state index in [2.05, 4.69) is 23.8 Å². The van der Waals surface area contributed by atoms with Gasteiger partial charge in [-0.15, -0.1) is 0 Å². The third-order valence-electron chi connectivity index (χ3n) is 4.50. The Bertz CT molecular complexity index is 1030. The highest BCUT2D eigenvalue weighted by atomic mass is 16.6. The van der Waals surface area contributed by atoms with Crippen molar-refractivity contribution in [3.63, 3.8) is 0 Å². The van der Waals surface area contributed by atoms with Crippen molar-refractivity contribution in [3.8, 4) is 5.75 Å². The summed E-state index contributed by atoms with van der Waals surface area (Å²) in [7, 11) is 0. The molecule has 1 rings (SSSR count). The normalized spacial score (nSPS) is 10.4. The Morgan fingerprint density at radius 1 is 0.737 bits per heavy atom. The van der Waals surface area contributed by atoms with E-state index in [1.807, 2.05) is 0 Å². The molecule has 0 atom stereocenters. The van der Waals surface area contributed by atoms with E-state index in [1.165, 1.54) is 39.8 Å². The molecule has 12 heteroatoms. The van der Waals surface area contributed by atoms with E-state index in [0.717, 1.165) is 0 Å². The van der Waals surface area contributed by atoms with E-state index in [-0.39, 0.29) is 56.2 Å². The maximum absolute atomic E-state index is 12.8. The zero-order valence-corrected chi connectivity index (χ0v) is 22.0. The van der Waals surface area contributed by atoms with Crippen molar-refractivity contribution in [1.29, 1.82) is 0 Å². The molecule has 0 aliphatic rings. The first kappa shape index (κ1) is 31.7. The van der Waals surface area contributed by atoms with Gasteiger partial charge >= 0.3 is 24.1 Å². The van der Waals surface area contributed by atoms with Crippen LogP contribution in [0, 0.1) is 0 Å². The molecule has 0 heterocycles. The van der Waals surface area contributed by atoms with Crippen molar-refractivity contribution in [3.05, 3.63) is 54.1 Å². The molecule has 12 nitrogen and oxygen atoms in total. The molecule has 0 bridgehead atoms. The highest BCUT2D eigenvalue weighted by molar-refractivity contribution is 6.03. The van der Waals surface area contributed by atoms with Gasteiger partial charge in [-0.25, -0.2) is 19.2 Å². The van der Waals surface area contributed by atoms with Crippen LogP contribution in [0.15, 0.2) is 48.6 Å². The third-order valence-corrected chi connectivity index (χ3v) is 4.50. The molecule has 0 aliphatic carbocycles. The van der Waals surface area contributed by atoms with E-state index in [0.29, 0.717) is 5.75 Å². The molecule has 2 N–H and O–H groups in total. The Morgan fingerprint density at radius 2 is 1.24 bits per heavy atom.